The number of halogens is 4. The maximum atomic E-state index is 12.6. The fourth-order valence-corrected chi connectivity index (χ4v) is 3.15. The van der Waals surface area contributed by atoms with E-state index in [9.17, 15) is 22.8 Å². The van der Waals surface area contributed by atoms with Crippen molar-refractivity contribution >= 4 is 23.4 Å². The molecular formula is C17H19ClF3N3O2. The van der Waals surface area contributed by atoms with Gasteiger partial charge in [-0.2, -0.15) is 13.2 Å². The van der Waals surface area contributed by atoms with E-state index in [1.807, 2.05) is 0 Å². The van der Waals surface area contributed by atoms with Gasteiger partial charge >= 0.3 is 6.18 Å². The molecule has 1 aliphatic rings. The van der Waals surface area contributed by atoms with Gasteiger partial charge in [0.1, 0.15) is 0 Å². The van der Waals surface area contributed by atoms with E-state index < -0.39 is 17.7 Å². The van der Waals surface area contributed by atoms with E-state index in [0.717, 1.165) is 25.0 Å². The Balaban J connectivity index is 2.00. The normalized spacial score (nSPS) is 20.3. The summed E-state index contributed by atoms with van der Waals surface area (Å²) in [5, 5.41) is 5.23. The molecule has 1 aromatic heterocycles. The van der Waals surface area contributed by atoms with E-state index in [1.165, 1.54) is 0 Å². The zero-order valence-corrected chi connectivity index (χ0v) is 14.7. The van der Waals surface area contributed by atoms with Crippen LogP contribution in [0.25, 0.3) is 0 Å². The summed E-state index contributed by atoms with van der Waals surface area (Å²) in [6.45, 7) is 3.30. The molecule has 5 nitrogen and oxygen atoms in total. The first-order valence-electron chi connectivity index (χ1n) is 8.14. The third kappa shape index (κ3) is 5.20. The Hall–Kier alpha value is -2.09. The Morgan fingerprint density at radius 3 is 2.65 bits per heavy atom. The Labute approximate surface area is 154 Å². The Bertz CT molecular complexity index is 694. The van der Waals surface area contributed by atoms with Crippen LogP contribution in [-0.4, -0.2) is 22.8 Å². The van der Waals surface area contributed by atoms with Crippen LogP contribution in [0.2, 0.25) is 5.02 Å². The number of pyridine rings is 1. The molecule has 142 valence electrons. The summed E-state index contributed by atoms with van der Waals surface area (Å²) >= 11 is 5.84. The monoisotopic (exact) mass is 389 g/mol. The number of nitrogens with one attached hydrogen (secondary N) is 2. The van der Waals surface area contributed by atoms with Gasteiger partial charge in [0.05, 0.1) is 28.7 Å². The second-order valence-corrected chi connectivity index (χ2v) is 6.49. The van der Waals surface area contributed by atoms with E-state index in [0.29, 0.717) is 19.0 Å². The summed E-state index contributed by atoms with van der Waals surface area (Å²) in [5.74, 6) is -1.06. The number of carbonyl (C=O) groups excluding carboxylic acids is 2. The van der Waals surface area contributed by atoms with E-state index in [-0.39, 0.29) is 35.1 Å². The van der Waals surface area contributed by atoms with Crippen LogP contribution in [0.15, 0.2) is 24.9 Å². The summed E-state index contributed by atoms with van der Waals surface area (Å²) in [4.78, 5) is 27.6. The maximum absolute atomic E-state index is 12.6. The maximum Gasteiger partial charge on any atom is 0.417 e. The van der Waals surface area contributed by atoms with Gasteiger partial charge in [0.15, 0.2) is 0 Å². The molecule has 0 spiro atoms. The molecule has 9 heteroatoms. The predicted molar refractivity (Wildman–Crippen MR) is 90.2 cm³/mol. The summed E-state index contributed by atoms with van der Waals surface area (Å²) in [6.07, 6.45) is 0.350. The predicted octanol–water partition coefficient (Wildman–Crippen LogP) is 3.23. The van der Waals surface area contributed by atoms with Gasteiger partial charge in [0.25, 0.3) is 0 Å². The fraction of sp³-hybridized carbons (Fsp3) is 0.471. The molecule has 0 aliphatic heterocycles. The van der Waals surface area contributed by atoms with Crippen molar-refractivity contribution in [2.24, 2.45) is 5.92 Å². The molecule has 0 saturated heterocycles. The quantitative estimate of drug-likeness (QED) is 0.759. The molecule has 2 rings (SSSR count). The van der Waals surface area contributed by atoms with Crippen LogP contribution in [0.1, 0.15) is 36.9 Å². The minimum absolute atomic E-state index is 0.0889. The average Bonchev–Trinajstić information content (AvgIpc) is 2.59. The van der Waals surface area contributed by atoms with Gasteiger partial charge in [0.2, 0.25) is 11.8 Å². The Morgan fingerprint density at radius 2 is 2.04 bits per heavy atom. The van der Waals surface area contributed by atoms with Crippen molar-refractivity contribution in [3.63, 3.8) is 0 Å². The zero-order valence-electron chi connectivity index (χ0n) is 13.9. The molecule has 2 N–H and O–H groups in total. The van der Waals surface area contributed by atoms with Crippen molar-refractivity contribution in [3.05, 3.63) is 41.2 Å². The number of hydrogen-bond donors (Lipinski definition) is 2. The third-order valence-corrected chi connectivity index (χ3v) is 4.62. The van der Waals surface area contributed by atoms with Gasteiger partial charge in [0, 0.05) is 12.2 Å². The fourth-order valence-electron chi connectivity index (χ4n) is 2.91. The van der Waals surface area contributed by atoms with Crippen molar-refractivity contribution in [1.82, 2.24) is 15.6 Å². The molecule has 26 heavy (non-hydrogen) atoms. The van der Waals surface area contributed by atoms with Gasteiger partial charge in [-0.05, 0) is 25.0 Å². The lowest BCUT2D eigenvalue weighted by atomic mass is 9.83. The number of rotatable bonds is 5. The Kier molecular flexibility index (Phi) is 6.63. The number of hydrogen-bond acceptors (Lipinski definition) is 3. The van der Waals surface area contributed by atoms with Crippen LogP contribution in [0.3, 0.4) is 0 Å². The molecule has 0 bridgehead atoms. The highest BCUT2D eigenvalue weighted by molar-refractivity contribution is 6.31. The van der Waals surface area contributed by atoms with E-state index in [4.69, 9.17) is 11.6 Å². The van der Waals surface area contributed by atoms with Crippen molar-refractivity contribution < 1.29 is 22.8 Å². The topological polar surface area (TPSA) is 71.1 Å². The van der Waals surface area contributed by atoms with Crippen molar-refractivity contribution in [2.75, 3.05) is 0 Å². The summed E-state index contributed by atoms with van der Waals surface area (Å²) in [6, 6.07) is 0.481. The molecule has 1 heterocycles. The van der Waals surface area contributed by atoms with Crippen LogP contribution in [0.5, 0.6) is 0 Å². The molecular weight excluding hydrogens is 371 g/mol. The van der Waals surface area contributed by atoms with Crippen LogP contribution in [0, 0.1) is 5.92 Å². The van der Waals surface area contributed by atoms with Crippen LogP contribution >= 0.6 is 11.6 Å². The van der Waals surface area contributed by atoms with Gasteiger partial charge in [-0.15, -0.1) is 0 Å². The van der Waals surface area contributed by atoms with Crippen LogP contribution in [-0.2, 0) is 22.3 Å². The third-order valence-electron chi connectivity index (χ3n) is 4.29. The lowest BCUT2D eigenvalue weighted by Gasteiger charge is -2.31. The number of aromatic nitrogens is 1. The summed E-state index contributed by atoms with van der Waals surface area (Å²) in [7, 11) is 0. The highest BCUT2D eigenvalue weighted by Gasteiger charge is 2.33. The molecule has 0 radical (unpaired) electrons. The SMILES string of the molecule is C=CC(=O)N[C@@H]1CCCC[C@@H]1C(=O)NCc1ncc(C(F)(F)F)cc1Cl. The van der Waals surface area contributed by atoms with Gasteiger partial charge in [-0.25, -0.2) is 0 Å². The molecule has 1 aromatic rings. The van der Waals surface area contributed by atoms with Gasteiger partial charge < -0.3 is 10.6 Å². The number of nitrogens with zero attached hydrogens (tertiary/aromatic N) is 1. The van der Waals surface area contributed by atoms with E-state index >= 15 is 0 Å². The number of carbonyl (C=O) groups is 2. The number of amides is 2. The molecule has 1 aliphatic carbocycles. The van der Waals surface area contributed by atoms with Crippen molar-refractivity contribution in [3.8, 4) is 0 Å². The molecule has 0 aromatic carbocycles. The van der Waals surface area contributed by atoms with Gasteiger partial charge in [-0.1, -0.05) is 31.0 Å². The zero-order chi connectivity index (χ0) is 19.3. The number of alkyl halides is 3. The highest BCUT2D eigenvalue weighted by atomic mass is 35.5. The van der Waals surface area contributed by atoms with Crippen LogP contribution < -0.4 is 10.6 Å². The van der Waals surface area contributed by atoms with Crippen molar-refractivity contribution in [1.29, 1.82) is 0 Å². The lowest BCUT2D eigenvalue weighted by molar-refractivity contribution is -0.138. The standard InChI is InChI=1S/C17H19ClF3N3O2/c1-2-15(25)24-13-6-4-3-5-11(13)16(26)23-9-14-12(18)7-10(8-22-14)17(19,20)21/h2,7-8,11,13H,1,3-6,9H2,(H,23,26)(H,24,25)/t11-,13+/m0/s1. The molecule has 2 amide bonds. The first kappa shape index (κ1) is 20.2. The van der Waals surface area contributed by atoms with Crippen LogP contribution in [0.4, 0.5) is 13.2 Å². The minimum atomic E-state index is -4.53. The first-order valence-corrected chi connectivity index (χ1v) is 8.52. The molecule has 1 saturated carbocycles. The van der Waals surface area contributed by atoms with E-state index in [1.54, 1.807) is 0 Å². The summed E-state index contributed by atoms with van der Waals surface area (Å²) in [5.41, 5.74) is -0.799. The minimum Gasteiger partial charge on any atom is -0.350 e. The highest BCUT2D eigenvalue weighted by Crippen LogP contribution is 2.31. The smallest absolute Gasteiger partial charge is 0.350 e. The second kappa shape index (κ2) is 8.53. The molecule has 1 fully saturated rings. The summed E-state index contributed by atoms with van der Waals surface area (Å²) < 4.78 is 37.9. The van der Waals surface area contributed by atoms with Gasteiger partial charge in [-0.3, -0.25) is 14.6 Å². The van der Waals surface area contributed by atoms with Crippen molar-refractivity contribution in [2.45, 2.75) is 44.4 Å². The molecule has 0 unspecified atom stereocenters. The Morgan fingerprint density at radius 1 is 1.35 bits per heavy atom. The molecule has 2 atom stereocenters. The lowest BCUT2D eigenvalue weighted by Crippen LogP contribution is -2.47. The average molecular weight is 390 g/mol. The largest absolute Gasteiger partial charge is 0.417 e. The van der Waals surface area contributed by atoms with E-state index in [2.05, 4.69) is 22.2 Å². The first-order chi connectivity index (χ1) is 12.2. The second-order valence-electron chi connectivity index (χ2n) is 6.08.